The number of cyclic esters (lactones) is 1. The minimum absolute atomic E-state index is 0.0640. The normalized spacial score (nSPS) is 30.5. The Morgan fingerprint density at radius 3 is 2.62 bits per heavy atom. The number of carbonyl (C=O) groups excluding carboxylic acids is 2. The lowest BCUT2D eigenvalue weighted by Gasteiger charge is -2.39. The van der Waals surface area contributed by atoms with E-state index in [1.165, 1.54) is 30.4 Å². The van der Waals surface area contributed by atoms with E-state index >= 15 is 0 Å². The molecule has 2 aliphatic rings. The Labute approximate surface area is 182 Å². The maximum Gasteiger partial charge on any atom is 0.331 e. The third kappa shape index (κ3) is 5.44. The molecule has 0 spiro atoms. The number of aliphatic hydroxyl groups is 4. The van der Waals surface area contributed by atoms with Gasteiger partial charge in [-0.05, 0) is 36.3 Å². The van der Waals surface area contributed by atoms with Crippen LogP contribution in [0.15, 0.2) is 35.9 Å². The third-order valence-corrected chi connectivity index (χ3v) is 4.98. The van der Waals surface area contributed by atoms with Crippen molar-refractivity contribution in [3.05, 3.63) is 41.5 Å². The van der Waals surface area contributed by atoms with Gasteiger partial charge in [-0.3, -0.25) is 0 Å². The van der Waals surface area contributed by atoms with Crippen molar-refractivity contribution in [1.82, 2.24) is 0 Å². The highest BCUT2D eigenvalue weighted by Gasteiger charge is 2.44. The molecule has 0 aliphatic carbocycles. The Bertz CT molecular complexity index is 907. The number of carbonyl (C=O) groups is 2. The topological polar surface area (TPSA) is 172 Å². The quantitative estimate of drug-likeness (QED) is 0.265. The fourth-order valence-electron chi connectivity index (χ4n) is 3.11. The number of esters is 2. The molecule has 0 bridgehead atoms. The Balaban J connectivity index is 1.62. The summed E-state index contributed by atoms with van der Waals surface area (Å²) in [5.74, 6) is -1.62. The van der Waals surface area contributed by atoms with Crippen LogP contribution in [0.2, 0.25) is 0 Å². The summed E-state index contributed by atoms with van der Waals surface area (Å²) >= 11 is 0. The molecule has 1 aromatic rings. The second kappa shape index (κ2) is 10.1. The summed E-state index contributed by atoms with van der Waals surface area (Å²) in [5, 5.41) is 49.1. The Morgan fingerprint density at radius 2 is 1.97 bits per heavy atom. The first-order valence-corrected chi connectivity index (χ1v) is 9.73. The van der Waals surface area contributed by atoms with Gasteiger partial charge in [0, 0.05) is 12.2 Å². The second-order valence-corrected chi connectivity index (χ2v) is 7.32. The van der Waals surface area contributed by atoms with Gasteiger partial charge in [-0.25, -0.2) is 9.59 Å². The summed E-state index contributed by atoms with van der Waals surface area (Å²) < 4.78 is 20.6. The molecule has 2 heterocycles. The summed E-state index contributed by atoms with van der Waals surface area (Å²) in [6.45, 7) is 0.967. The van der Waals surface area contributed by atoms with Crippen LogP contribution in [0, 0.1) is 0 Å². The molecular weight excluding hydrogens is 428 g/mol. The second-order valence-electron chi connectivity index (χ2n) is 7.32. The number of ether oxygens (including phenoxy) is 4. The summed E-state index contributed by atoms with van der Waals surface area (Å²) in [7, 11) is 0. The van der Waals surface area contributed by atoms with Crippen LogP contribution in [0.5, 0.6) is 11.5 Å². The fourth-order valence-corrected chi connectivity index (χ4v) is 3.11. The van der Waals surface area contributed by atoms with Crippen LogP contribution in [0.1, 0.15) is 12.5 Å². The van der Waals surface area contributed by atoms with Crippen molar-refractivity contribution in [2.75, 3.05) is 13.2 Å². The number of hydrogen-bond donors (Lipinski definition) is 5. The van der Waals surface area contributed by atoms with E-state index < -0.39 is 55.4 Å². The van der Waals surface area contributed by atoms with Gasteiger partial charge in [-0.2, -0.15) is 0 Å². The number of hydrogen-bond acceptors (Lipinski definition) is 11. The maximum absolute atomic E-state index is 12.0. The Hall–Kier alpha value is -2.96. The average molecular weight is 452 g/mol. The van der Waals surface area contributed by atoms with E-state index in [1.807, 2.05) is 0 Å². The van der Waals surface area contributed by atoms with Gasteiger partial charge in [0.25, 0.3) is 0 Å². The highest BCUT2D eigenvalue weighted by molar-refractivity contribution is 5.88. The molecule has 11 nitrogen and oxygen atoms in total. The van der Waals surface area contributed by atoms with E-state index in [9.17, 15) is 35.1 Å². The average Bonchev–Trinajstić information content (AvgIpc) is 2.76. The van der Waals surface area contributed by atoms with Gasteiger partial charge in [0.1, 0.15) is 31.0 Å². The predicted molar refractivity (Wildman–Crippen MR) is 106 cm³/mol. The summed E-state index contributed by atoms with van der Waals surface area (Å²) in [6.07, 6.45) is -4.29. The molecule has 0 unspecified atom stereocenters. The molecule has 2 aliphatic heterocycles. The highest BCUT2D eigenvalue weighted by atomic mass is 16.7. The van der Waals surface area contributed by atoms with Crippen molar-refractivity contribution in [1.29, 1.82) is 0 Å². The van der Waals surface area contributed by atoms with Gasteiger partial charge in [0.05, 0.1) is 6.61 Å². The van der Waals surface area contributed by atoms with Crippen molar-refractivity contribution < 1.29 is 54.1 Å². The standard InChI is InChI=1S/C21H24O11/c1-10-6-17(25)29-9-15(10)30-16(24)5-3-11-2-4-13(12(23)7-11)31-21-20(28)19(27)18(26)14(8-22)32-21/h2-7,14-15,18-23,26-28H,8-9H2,1H3/t14-,15-,18-,19+,20+,21-/m1/s1. The number of aliphatic hydroxyl groups excluding tert-OH is 4. The van der Waals surface area contributed by atoms with Gasteiger partial charge in [0.15, 0.2) is 17.6 Å². The molecule has 0 radical (unpaired) electrons. The molecule has 3 rings (SSSR count). The lowest BCUT2D eigenvalue weighted by atomic mass is 9.99. The van der Waals surface area contributed by atoms with E-state index in [0.717, 1.165) is 6.08 Å². The zero-order valence-electron chi connectivity index (χ0n) is 17.0. The van der Waals surface area contributed by atoms with Gasteiger partial charge >= 0.3 is 11.9 Å². The van der Waals surface area contributed by atoms with Crippen molar-refractivity contribution in [3.63, 3.8) is 0 Å². The smallest absolute Gasteiger partial charge is 0.331 e. The molecule has 0 aromatic heterocycles. The van der Waals surface area contributed by atoms with Crippen LogP contribution in [0.3, 0.4) is 0 Å². The largest absolute Gasteiger partial charge is 0.504 e. The molecule has 1 saturated heterocycles. The summed E-state index contributed by atoms with van der Waals surface area (Å²) in [6, 6.07) is 4.11. The Morgan fingerprint density at radius 1 is 1.22 bits per heavy atom. The van der Waals surface area contributed by atoms with E-state index in [0.29, 0.717) is 11.1 Å². The third-order valence-electron chi connectivity index (χ3n) is 4.98. The molecule has 5 N–H and O–H groups in total. The number of phenols is 1. The molecule has 11 heteroatoms. The first-order valence-electron chi connectivity index (χ1n) is 9.73. The van der Waals surface area contributed by atoms with Crippen LogP contribution in [0.4, 0.5) is 0 Å². The Kier molecular flexibility index (Phi) is 7.48. The van der Waals surface area contributed by atoms with Gasteiger partial charge in [-0.15, -0.1) is 0 Å². The van der Waals surface area contributed by atoms with E-state index in [-0.39, 0.29) is 18.1 Å². The zero-order chi connectivity index (χ0) is 23.4. The molecule has 0 amide bonds. The molecule has 174 valence electrons. The first kappa shape index (κ1) is 23.7. The van der Waals surface area contributed by atoms with Gasteiger partial charge in [0.2, 0.25) is 6.29 Å². The van der Waals surface area contributed by atoms with Crippen molar-refractivity contribution in [2.45, 2.75) is 43.7 Å². The monoisotopic (exact) mass is 452 g/mol. The van der Waals surface area contributed by atoms with Gasteiger partial charge < -0.3 is 44.5 Å². The first-order chi connectivity index (χ1) is 15.2. The van der Waals surface area contributed by atoms with Crippen LogP contribution in [-0.2, 0) is 23.8 Å². The minimum atomic E-state index is -1.63. The van der Waals surface area contributed by atoms with Crippen molar-refractivity contribution in [3.8, 4) is 11.5 Å². The summed E-state index contributed by atoms with van der Waals surface area (Å²) in [4.78, 5) is 23.1. The van der Waals surface area contributed by atoms with E-state index in [1.54, 1.807) is 6.92 Å². The van der Waals surface area contributed by atoms with E-state index in [2.05, 4.69) is 0 Å². The van der Waals surface area contributed by atoms with Crippen LogP contribution in [-0.4, -0.2) is 87.5 Å². The van der Waals surface area contributed by atoms with Crippen molar-refractivity contribution in [2.24, 2.45) is 0 Å². The zero-order valence-corrected chi connectivity index (χ0v) is 17.0. The summed E-state index contributed by atoms with van der Waals surface area (Å²) in [5.41, 5.74) is 0.985. The highest BCUT2D eigenvalue weighted by Crippen LogP contribution is 2.31. The lowest BCUT2D eigenvalue weighted by Crippen LogP contribution is -2.60. The predicted octanol–water partition coefficient (Wildman–Crippen LogP) is -1.00. The number of aromatic hydroxyl groups is 1. The van der Waals surface area contributed by atoms with Crippen LogP contribution < -0.4 is 4.74 Å². The van der Waals surface area contributed by atoms with Crippen molar-refractivity contribution >= 4 is 18.0 Å². The SMILES string of the molecule is CC1=CC(=O)OC[C@H]1OC(=O)C=Cc1ccc(O[C@@H]2O[C@H](CO)[C@@H](O)[C@H](O)[C@@H]2O)c(O)c1. The van der Waals surface area contributed by atoms with E-state index in [4.69, 9.17) is 18.9 Å². The lowest BCUT2D eigenvalue weighted by molar-refractivity contribution is -0.277. The number of phenolic OH excluding ortho intramolecular Hbond substituents is 1. The maximum atomic E-state index is 12.0. The number of rotatable bonds is 6. The minimum Gasteiger partial charge on any atom is -0.504 e. The fraction of sp³-hybridized carbons (Fsp3) is 0.429. The number of benzene rings is 1. The molecular formula is C21H24O11. The van der Waals surface area contributed by atoms with Crippen LogP contribution in [0.25, 0.3) is 6.08 Å². The molecule has 1 fully saturated rings. The molecule has 32 heavy (non-hydrogen) atoms. The molecule has 6 atom stereocenters. The molecule has 1 aromatic carbocycles. The van der Waals surface area contributed by atoms with Gasteiger partial charge in [-0.1, -0.05) is 6.07 Å². The van der Waals surface area contributed by atoms with Crippen LogP contribution >= 0.6 is 0 Å². The molecule has 0 saturated carbocycles.